The number of anilines is 3. The van der Waals surface area contributed by atoms with Crippen LogP contribution in [-0.4, -0.2) is 45.9 Å². The lowest BCUT2D eigenvalue weighted by Gasteiger charge is -2.31. The molecular formula is C18H22N6O. The Hall–Kier alpha value is -2.80. The fourth-order valence-corrected chi connectivity index (χ4v) is 3.40. The van der Waals surface area contributed by atoms with Crippen molar-refractivity contribution < 1.29 is 5.11 Å². The summed E-state index contributed by atoms with van der Waals surface area (Å²) in [5.74, 6) is 0.971. The van der Waals surface area contributed by atoms with Gasteiger partial charge < -0.3 is 25.6 Å². The number of aromatic nitrogens is 3. The molecule has 2 aromatic heterocycles. The minimum atomic E-state index is -0.158. The van der Waals surface area contributed by atoms with Crippen molar-refractivity contribution in [3.8, 4) is 5.69 Å². The van der Waals surface area contributed by atoms with E-state index in [9.17, 15) is 5.11 Å². The summed E-state index contributed by atoms with van der Waals surface area (Å²) in [5.41, 5.74) is 9.71. The molecule has 25 heavy (non-hydrogen) atoms. The first kappa shape index (κ1) is 15.7. The van der Waals surface area contributed by atoms with Gasteiger partial charge in [-0.25, -0.2) is 4.98 Å². The zero-order chi connectivity index (χ0) is 17.4. The molecule has 1 saturated heterocycles. The standard InChI is InChI=1S/C18H22N6O/c1-20-17-16-15(21-18(19)22-17)8-11-24(16)13-4-2-12(3-5-13)23-9-6-14(25)7-10-23/h2-5,8,11,14,25H,6-7,9-10H2,1H3,(H3,19,20,21,22). The summed E-state index contributed by atoms with van der Waals surface area (Å²) in [6.07, 6.45) is 3.48. The number of aliphatic hydroxyl groups excluding tert-OH is 1. The van der Waals surface area contributed by atoms with Gasteiger partial charge in [-0.1, -0.05) is 0 Å². The van der Waals surface area contributed by atoms with Crippen LogP contribution in [0, 0.1) is 0 Å². The van der Waals surface area contributed by atoms with Gasteiger partial charge in [-0.05, 0) is 43.2 Å². The molecule has 1 aliphatic rings. The average molecular weight is 338 g/mol. The Kier molecular flexibility index (Phi) is 3.93. The molecule has 0 bridgehead atoms. The van der Waals surface area contributed by atoms with E-state index in [1.165, 1.54) is 5.69 Å². The van der Waals surface area contributed by atoms with Gasteiger partial charge in [-0.15, -0.1) is 0 Å². The van der Waals surface area contributed by atoms with E-state index in [0.717, 1.165) is 42.7 Å². The molecule has 0 unspecified atom stereocenters. The van der Waals surface area contributed by atoms with E-state index < -0.39 is 0 Å². The Morgan fingerprint density at radius 1 is 1.08 bits per heavy atom. The Labute approximate surface area is 146 Å². The topological polar surface area (TPSA) is 92.2 Å². The van der Waals surface area contributed by atoms with Crippen molar-refractivity contribution in [2.75, 3.05) is 36.1 Å². The van der Waals surface area contributed by atoms with Crippen LogP contribution in [-0.2, 0) is 0 Å². The van der Waals surface area contributed by atoms with E-state index in [4.69, 9.17) is 5.73 Å². The van der Waals surface area contributed by atoms with Gasteiger partial charge in [0.05, 0.1) is 11.6 Å². The number of piperidine rings is 1. The monoisotopic (exact) mass is 338 g/mol. The quantitative estimate of drug-likeness (QED) is 0.676. The van der Waals surface area contributed by atoms with Crippen molar-refractivity contribution in [3.05, 3.63) is 36.5 Å². The van der Waals surface area contributed by atoms with Gasteiger partial charge >= 0.3 is 0 Å². The van der Waals surface area contributed by atoms with Crippen molar-refractivity contribution in [3.63, 3.8) is 0 Å². The lowest BCUT2D eigenvalue weighted by molar-refractivity contribution is 0.145. The summed E-state index contributed by atoms with van der Waals surface area (Å²) < 4.78 is 2.06. The van der Waals surface area contributed by atoms with Crippen LogP contribution < -0.4 is 16.0 Å². The van der Waals surface area contributed by atoms with Crippen LogP contribution in [0.5, 0.6) is 0 Å². The van der Waals surface area contributed by atoms with Crippen LogP contribution >= 0.6 is 0 Å². The third kappa shape index (κ3) is 2.87. The van der Waals surface area contributed by atoms with Crippen molar-refractivity contribution in [1.29, 1.82) is 0 Å². The SMILES string of the molecule is CNc1nc(N)nc2ccn(-c3ccc(N4CCC(O)CC4)cc3)c12. The summed E-state index contributed by atoms with van der Waals surface area (Å²) >= 11 is 0. The zero-order valence-corrected chi connectivity index (χ0v) is 14.2. The van der Waals surface area contributed by atoms with Crippen LogP contribution in [0.3, 0.4) is 0 Å². The number of rotatable bonds is 3. The highest BCUT2D eigenvalue weighted by atomic mass is 16.3. The second-order valence-electron chi connectivity index (χ2n) is 6.33. The maximum Gasteiger partial charge on any atom is 0.222 e. The van der Waals surface area contributed by atoms with E-state index in [1.54, 1.807) is 0 Å². The number of nitrogen functional groups attached to an aromatic ring is 1. The lowest BCUT2D eigenvalue weighted by Crippen LogP contribution is -2.35. The maximum absolute atomic E-state index is 9.66. The highest BCUT2D eigenvalue weighted by Crippen LogP contribution is 2.27. The van der Waals surface area contributed by atoms with Crippen molar-refractivity contribution in [2.45, 2.75) is 18.9 Å². The third-order valence-electron chi connectivity index (χ3n) is 4.74. The number of benzene rings is 1. The molecule has 0 atom stereocenters. The van der Waals surface area contributed by atoms with Crippen molar-refractivity contribution >= 4 is 28.5 Å². The van der Waals surface area contributed by atoms with E-state index in [2.05, 4.69) is 49.0 Å². The molecule has 0 spiro atoms. The highest BCUT2D eigenvalue weighted by molar-refractivity contribution is 5.89. The summed E-state index contributed by atoms with van der Waals surface area (Å²) in [7, 11) is 1.83. The number of nitrogens with zero attached hydrogens (tertiary/aromatic N) is 4. The second-order valence-corrected chi connectivity index (χ2v) is 6.33. The lowest BCUT2D eigenvalue weighted by atomic mass is 10.1. The number of aliphatic hydroxyl groups is 1. The van der Waals surface area contributed by atoms with Crippen LogP contribution in [0.1, 0.15) is 12.8 Å². The predicted octanol–water partition coefficient (Wildman–Crippen LogP) is 2.01. The zero-order valence-electron chi connectivity index (χ0n) is 14.2. The molecule has 1 fully saturated rings. The fraction of sp³-hybridized carbons (Fsp3) is 0.333. The summed E-state index contributed by atoms with van der Waals surface area (Å²) in [6.45, 7) is 1.79. The molecule has 3 heterocycles. The Morgan fingerprint density at radius 3 is 2.44 bits per heavy atom. The van der Waals surface area contributed by atoms with E-state index in [-0.39, 0.29) is 12.1 Å². The predicted molar refractivity (Wildman–Crippen MR) is 100 cm³/mol. The molecule has 0 radical (unpaired) electrons. The van der Waals surface area contributed by atoms with Gasteiger partial charge in [-0.3, -0.25) is 0 Å². The average Bonchev–Trinajstić information content (AvgIpc) is 3.05. The molecule has 1 aliphatic heterocycles. The first-order valence-corrected chi connectivity index (χ1v) is 8.51. The molecule has 7 nitrogen and oxygen atoms in total. The maximum atomic E-state index is 9.66. The molecule has 130 valence electrons. The largest absolute Gasteiger partial charge is 0.393 e. The first-order valence-electron chi connectivity index (χ1n) is 8.51. The van der Waals surface area contributed by atoms with Crippen molar-refractivity contribution in [2.24, 2.45) is 0 Å². The minimum Gasteiger partial charge on any atom is -0.393 e. The van der Waals surface area contributed by atoms with E-state index in [0.29, 0.717) is 5.82 Å². The minimum absolute atomic E-state index is 0.158. The second kappa shape index (κ2) is 6.25. The fourth-order valence-electron chi connectivity index (χ4n) is 3.40. The summed E-state index contributed by atoms with van der Waals surface area (Å²) in [4.78, 5) is 10.9. The molecule has 4 N–H and O–H groups in total. The van der Waals surface area contributed by atoms with Crippen LogP contribution in [0.4, 0.5) is 17.5 Å². The number of nitrogens with one attached hydrogen (secondary N) is 1. The first-order chi connectivity index (χ1) is 12.2. The normalized spacial score (nSPS) is 15.7. The molecule has 7 heteroatoms. The molecule has 1 aromatic carbocycles. The molecule has 0 aliphatic carbocycles. The van der Waals surface area contributed by atoms with Crippen LogP contribution in [0.25, 0.3) is 16.7 Å². The third-order valence-corrected chi connectivity index (χ3v) is 4.74. The van der Waals surface area contributed by atoms with E-state index >= 15 is 0 Å². The van der Waals surface area contributed by atoms with Crippen molar-refractivity contribution in [1.82, 2.24) is 14.5 Å². The molecule has 3 aromatic rings. The Bertz CT molecular complexity index is 880. The van der Waals surface area contributed by atoms with E-state index in [1.807, 2.05) is 19.3 Å². The molecule has 0 saturated carbocycles. The number of hydrogen-bond acceptors (Lipinski definition) is 6. The van der Waals surface area contributed by atoms with Gasteiger partial charge in [-0.2, -0.15) is 4.98 Å². The number of hydrogen-bond donors (Lipinski definition) is 3. The summed E-state index contributed by atoms with van der Waals surface area (Å²) in [5, 5.41) is 12.7. The molecule has 4 rings (SSSR count). The number of nitrogens with two attached hydrogens (primary N) is 1. The number of fused-ring (bicyclic) bond motifs is 1. The summed E-state index contributed by atoms with van der Waals surface area (Å²) in [6, 6.07) is 10.4. The molecule has 0 amide bonds. The van der Waals surface area contributed by atoms with Crippen LogP contribution in [0.2, 0.25) is 0 Å². The highest BCUT2D eigenvalue weighted by Gasteiger charge is 2.17. The van der Waals surface area contributed by atoms with Crippen LogP contribution in [0.15, 0.2) is 36.5 Å². The van der Waals surface area contributed by atoms with Gasteiger partial charge in [0, 0.05) is 37.7 Å². The Balaban J connectivity index is 1.67. The van der Waals surface area contributed by atoms with Gasteiger partial charge in [0.2, 0.25) is 5.95 Å². The van der Waals surface area contributed by atoms with Gasteiger partial charge in [0.15, 0.2) is 5.82 Å². The van der Waals surface area contributed by atoms with Gasteiger partial charge in [0.1, 0.15) is 5.52 Å². The van der Waals surface area contributed by atoms with Gasteiger partial charge in [0.25, 0.3) is 0 Å². The smallest absolute Gasteiger partial charge is 0.222 e. The Morgan fingerprint density at radius 2 is 1.76 bits per heavy atom. The molecular weight excluding hydrogens is 316 g/mol.